The van der Waals surface area contributed by atoms with Gasteiger partial charge in [0.2, 0.25) is 0 Å². The van der Waals surface area contributed by atoms with Crippen molar-refractivity contribution < 1.29 is 14.6 Å². The predicted octanol–water partition coefficient (Wildman–Crippen LogP) is 0.219. The van der Waals surface area contributed by atoms with Crippen molar-refractivity contribution >= 4 is 6.09 Å². The maximum atomic E-state index is 11.2. The molecular formula is C9H20N2O3. The number of hydrogen-bond donors (Lipinski definition) is 3. The Morgan fingerprint density at radius 1 is 1.57 bits per heavy atom. The van der Waals surface area contributed by atoms with E-state index in [0.717, 1.165) is 0 Å². The van der Waals surface area contributed by atoms with Crippen molar-refractivity contribution in [2.75, 3.05) is 6.54 Å². The van der Waals surface area contributed by atoms with Crippen LogP contribution >= 0.6 is 0 Å². The van der Waals surface area contributed by atoms with Gasteiger partial charge in [-0.05, 0) is 27.7 Å². The topological polar surface area (TPSA) is 84.6 Å². The number of aliphatic hydroxyl groups is 1. The maximum Gasteiger partial charge on any atom is 0.407 e. The quantitative estimate of drug-likeness (QED) is 0.614. The number of alkyl carbamates (subject to hydrolysis) is 1. The average Bonchev–Trinajstić information content (AvgIpc) is 1.99. The smallest absolute Gasteiger partial charge is 0.407 e. The van der Waals surface area contributed by atoms with Crippen LogP contribution in [-0.4, -0.2) is 35.5 Å². The third kappa shape index (κ3) is 5.77. The van der Waals surface area contributed by atoms with Crippen molar-refractivity contribution in [1.82, 2.24) is 5.32 Å². The molecule has 0 saturated carbocycles. The lowest BCUT2D eigenvalue weighted by Gasteiger charge is -2.23. The number of ether oxygens (including phenoxy) is 1. The molecule has 0 aliphatic heterocycles. The van der Waals surface area contributed by atoms with Crippen molar-refractivity contribution in [2.24, 2.45) is 5.73 Å². The number of carbonyl (C=O) groups is 1. The molecule has 1 amide bonds. The van der Waals surface area contributed by atoms with E-state index in [2.05, 4.69) is 5.32 Å². The monoisotopic (exact) mass is 204 g/mol. The van der Waals surface area contributed by atoms with Gasteiger partial charge in [0.15, 0.2) is 0 Å². The Bertz CT molecular complexity index is 189. The van der Waals surface area contributed by atoms with E-state index in [1.807, 2.05) is 0 Å². The van der Waals surface area contributed by atoms with Gasteiger partial charge in [0.1, 0.15) is 5.60 Å². The van der Waals surface area contributed by atoms with E-state index < -0.39 is 23.8 Å². The number of aliphatic hydroxyl groups excluding tert-OH is 1. The molecule has 84 valence electrons. The van der Waals surface area contributed by atoms with Crippen LogP contribution in [0.15, 0.2) is 0 Å². The SMILES string of the molecule is C[C@@H](NC(=O)OC(C)(C)C)C(O)CN. The Balaban J connectivity index is 3.95. The van der Waals surface area contributed by atoms with Gasteiger partial charge in [-0.2, -0.15) is 0 Å². The van der Waals surface area contributed by atoms with Crippen LogP contribution in [-0.2, 0) is 4.74 Å². The highest BCUT2D eigenvalue weighted by Crippen LogP contribution is 2.06. The first-order valence-corrected chi connectivity index (χ1v) is 4.64. The summed E-state index contributed by atoms with van der Waals surface area (Å²) in [5, 5.41) is 11.8. The van der Waals surface area contributed by atoms with Gasteiger partial charge in [-0.15, -0.1) is 0 Å². The van der Waals surface area contributed by atoms with Gasteiger partial charge in [0.25, 0.3) is 0 Å². The molecule has 0 spiro atoms. The maximum absolute atomic E-state index is 11.2. The molecule has 2 atom stereocenters. The van der Waals surface area contributed by atoms with Crippen molar-refractivity contribution in [3.8, 4) is 0 Å². The highest BCUT2D eigenvalue weighted by atomic mass is 16.6. The number of carbonyl (C=O) groups excluding carboxylic acids is 1. The Labute approximate surface area is 84.6 Å². The van der Waals surface area contributed by atoms with Gasteiger partial charge < -0.3 is 20.9 Å². The molecule has 14 heavy (non-hydrogen) atoms. The highest BCUT2D eigenvalue weighted by molar-refractivity contribution is 5.68. The van der Waals surface area contributed by atoms with Crippen LogP contribution in [0.4, 0.5) is 4.79 Å². The van der Waals surface area contributed by atoms with Crippen LogP contribution in [0, 0.1) is 0 Å². The van der Waals surface area contributed by atoms with Crippen molar-refractivity contribution in [1.29, 1.82) is 0 Å². The van der Waals surface area contributed by atoms with Gasteiger partial charge in [-0.25, -0.2) is 4.79 Å². The van der Waals surface area contributed by atoms with Crippen LogP contribution < -0.4 is 11.1 Å². The standard InChI is InChI=1S/C9H20N2O3/c1-6(7(12)5-10)11-8(13)14-9(2,3)4/h6-7,12H,5,10H2,1-4H3,(H,11,13)/t6-,7?/m1/s1. The summed E-state index contributed by atoms with van der Waals surface area (Å²) in [5.74, 6) is 0. The van der Waals surface area contributed by atoms with Crippen LogP contribution in [0.2, 0.25) is 0 Å². The number of hydrogen-bond acceptors (Lipinski definition) is 4. The normalized spacial score (nSPS) is 15.9. The molecule has 0 aliphatic rings. The molecule has 0 aromatic heterocycles. The molecule has 0 rings (SSSR count). The summed E-state index contributed by atoms with van der Waals surface area (Å²) >= 11 is 0. The van der Waals surface area contributed by atoms with Crippen LogP contribution in [0.1, 0.15) is 27.7 Å². The summed E-state index contributed by atoms with van der Waals surface area (Å²) in [6, 6.07) is -0.408. The van der Waals surface area contributed by atoms with Gasteiger partial charge in [-0.1, -0.05) is 0 Å². The summed E-state index contributed by atoms with van der Waals surface area (Å²) in [7, 11) is 0. The molecule has 0 bridgehead atoms. The Kier molecular flexibility index (Phi) is 4.87. The van der Waals surface area contributed by atoms with E-state index in [9.17, 15) is 9.90 Å². The van der Waals surface area contributed by atoms with Crippen molar-refractivity contribution in [3.63, 3.8) is 0 Å². The second-order valence-electron chi connectivity index (χ2n) is 4.24. The molecule has 5 nitrogen and oxygen atoms in total. The zero-order valence-electron chi connectivity index (χ0n) is 9.20. The minimum absolute atomic E-state index is 0.108. The van der Waals surface area contributed by atoms with E-state index in [4.69, 9.17) is 10.5 Å². The fraction of sp³-hybridized carbons (Fsp3) is 0.889. The van der Waals surface area contributed by atoms with E-state index >= 15 is 0 Å². The number of nitrogens with two attached hydrogens (primary N) is 1. The van der Waals surface area contributed by atoms with E-state index in [-0.39, 0.29) is 6.54 Å². The third-order valence-corrected chi connectivity index (χ3v) is 1.56. The number of amides is 1. The predicted molar refractivity (Wildman–Crippen MR) is 53.9 cm³/mol. The van der Waals surface area contributed by atoms with Crippen molar-refractivity contribution in [2.45, 2.75) is 45.4 Å². The van der Waals surface area contributed by atoms with Gasteiger partial charge in [-0.3, -0.25) is 0 Å². The van der Waals surface area contributed by atoms with E-state index in [1.54, 1.807) is 27.7 Å². The molecule has 0 heterocycles. The van der Waals surface area contributed by atoms with Gasteiger partial charge in [0, 0.05) is 6.54 Å². The molecule has 1 unspecified atom stereocenters. The Hall–Kier alpha value is -0.810. The zero-order valence-corrected chi connectivity index (χ0v) is 9.20. The third-order valence-electron chi connectivity index (χ3n) is 1.56. The molecule has 0 aromatic rings. The van der Waals surface area contributed by atoms with Gasteiger partial charge in [0.05, 0.1) is 12.1 Å². The minimum Gasteiger partial charge on any atom is -0.444 e. The first-order chi connectivity index (χ1) is 6.26. The zero-order chi connectivity index (χ0) is 11.4. The first-order valence-electron chi connectivity index (χ1n) is 4.64. The van der Waals surface area contributed by atoms with Crippen molar-refractivity contribution in [3.05, 3.63) is 0 Å². The van der Waals surface area contributed by atoms with Crippen LogP contribution in [0.25, 0.3) is 0 Å². The molecule has 0 radical (unpaired) electrons. The fourth-order valence-electron chi connectivity index (χ4n) is 0.794. The molecule has 4 N–H and O–H groups in total. The van der Waals surface area contributed by atoms with E-state index in [0.29, 0.717) is 0 Å². The summed E-state index contributed by atoms with van der Waals surface area (Å²) in [4.78, 5) is 11.2. The summed E-state index contributed by atoms with van der Waals surface area (Å²) < 4.78 is 5.00. The number of rotatable bonds is 3. The second kappa shape index (κ2) is 5.17. The van der Waals surface area contributed by atoms with Gasteiger partial charge >= 0.3 is 6.09 Å². The molecule has 0 fully saturated rings. The first kappa shape index (κ1) is 13.2. The highest BCUT2D eigenvalue weighted by Gasteiger charge is 2.20. The van der Waals surface area contributed by atoms with E-state index in [1.165, 1.54) is 0 Å². The molecule has 5 heteroatoms. The van der Waals surface area contributed by atoms with Crippen LogP contribution in [0.3, 0.4) is 0 Å². The largest absolute Gasteiger partial charge is 0.444 e. The Morgan fingerprint density at radius 3 is 2.43 bits per heavy atom. The molecule has 0 saturated heterocycles. The molecule has 0 aliphatic carbocycles. The average molecular weight is 204 g/mol. The minimum atomic E-state index is -0.748. The molecular weight excluding hydrogens is 184 g/mol. The lowest BCUT2D eigenvalue weighted by molar-refractivity contribution is 0.0443. The lowest BCUT2D eigenvalue weighted by atomic mass is 10.2. The van der Waals surface area contributed by atoms with Crippen LogP contribution in [0.5, 0.6) is 0 Å². The summed E-state index contributed by atoms with van der Waals surface area (Å²) in [6.45, 7) is 7.10. The summed E-state index contributed by atoms with van der Waals surface area (Å²) in [6.07, 6.45) is -1.29. The number of nitrogens with one attached hydrogen (secondary N) is 1. The summed E-state index contributed by atoms with van der Waals surface area (Å²) in [5.41, 5.74) is 4.70. The lowest BCUT2D eigenvalue weighted by Crippen LogP contribution is -2.46. The molecule has 0 aromatic carbocycles. The second-order valence-corrected chi connectivity index (χ2v) is 4.24. The Morgan fingerprint density at radius 2 is 2.07 bits per heavy atom. The fourth-order valence-corrected chi connectivity index (χ4v) is 0.794.